The molecule has 0 spiro atoms. The largest absolute Gasteiger partial charge is 0.378 e. The van der Waals surface area contributed by atoms with Gasteiger partial charge in [-0.2, -0.15) is 0 Å². The molecule has 2 aromatic carbocycles. The monoisotopic (exact) mass is 358 g/mol. The number of fused-ring (bicyclic) bond motifs is 1. The van der Waals surface area contributed by atoms with Gasteiger partial charge in [0.05, 0.1) is 11.8 Å². The van der Waals surface area contributed by atoms with Gasteiger partial charge in [-0.05, 0) is 36.4 Å². The topological polar surface area (TPSA) is 69.7 Å². The smallest absolute Gasteiger partial charge is 0.162 e. The van der Waals surface area contributed by atoms with Crippen molar-refractivity contribution in [3.8, 4) is 11.4 Å². The molecule has 4 rings (SSSR count). The van der Waals surface area contributed by atoms with Crippen molar-refractivity contribution in [3.05, 3.63) is 66.7 Å². The van der Waals surface area contributed by atoms with Gasteiger partial charge in [0.15, 0.2) is 5.82 Å². The lowest BCUT2D eigenvalue weighted by Crippen LogP contribution is -2.09. The van der Waals surface area contributed by atoms with Crippen molar-refractivity contribution in [2.75, 3.05) is 30.9 Å². The Morgan fingerprint density at radius 1 is 1.00 bits per heavy atom. The molecule has 27 heavy (non-hydrogen) atoms. The number of nitrogens with one attached hydrogen (secondary N) is 2. The molecule has 4 aromatic rings. The van der Waals surface area contributed by atoms with E-state index in [0.29, 0.717) is 0 Å². The van der Waals surface area contributed by atoms with Crippen molar-refractivity contribution in [2.24, 2.45) is 0 Å². The minimum Gasteiger partial charge on any atom is -0.378 e. The van der Waals surface area contributed by atoms with Crippen LogP contribution in [0.2, 0.25) is 0 Å². The molecule has 0 unspecified atom stereocenters. The SMILES string of the molecule is CN(C)c1ccc(-c2nc(NCCc3cnc[nH]3)c3ccccc3n2)cc1. The molecule has 0 aliphatic rings. The predicted molar refractivity (Wildman–Crippen MR) is 110 cm³/mol. The molecule has 0 radical (unpaired) electrons. The van der Waals surface area contributed by atoms with E-state index in [-0.39, 0.29) is 0 Å². The number of hydrogen-bond donors (Lipinski definition) is 2. The zero-order valence-corrected chi connectivity index (χ0v) is 15.5. The zero-order chi connectivity index (χ0) is 18.6. The minimum absolute atomic E-state index is 0.725. The van der Waals surface area contributed by atoms with Crippen LogP contribution in [0, 0.1) is 0 Å². The first-order valence-corrected chi connectivity index (χ1v) is 8.96. The van der Waals surface area contributed by atoms with E-state index in [2.05, 4.69) is 44.5 Å². The lowest BCUT2D eigenvalue weighted by Gasteiger charge is -2.13. The Morgan fingerprint density at radius 3 is 2.56 bits per heavy atom. The molecule has 0 aliphatic heterocycles. The molecule has 2 N–H and O–H groups in total. The number of H-pyrrole nitrogens is 1. The number of nitrogens with zero attached hydrogens (tertiary/aromatic N) is 4. The van der Waals surface area contributed by atoms with Crippen LogP contribution in [-0.4, -0.2) is 40.6 Å². The summed E-state index contributed by atoms with van der Waals surface area (Å²) in [6, 6.07) is 16.4. The van der Waals surface area contributed by atoms with Crippen LogP contribution >= 0.6 is 0 Å². The maximum Gasteiger partial charge on any atom is 0.162 e. The highest BCUT2D eigenvalue weighted by atomic mass is 15.1. The molecule has 136 valence electrons. The number of imidazole rings is 1. The molecule has 6 heteroatoms. The van der Waals surface area contributed by atoms with Gasteiger partial charge in [-0.15, -0.1) is 0 Å². The Hall–Kier alpha value is -3.41. The number of rotatable bonds is 6. The third-order valence-electron chi connectivity index (χ3n) is 4.49. The second kappa shape index (κ2) is 7.45. The summed E-state index contributed by atoms with van der Waals surface area (Å²) in [4.78, 5) is 18.8. The van der Waals surface area contributed by atoms with Gasteiger partial charge >= 0.3 is 0 Å². The lowest BCUT2D eigenvalue weighted by molar-refractivity contribution is 0.969. The normalized spacial score (nSPS) is 10.9. The summed E-state index contributed by atoms with van der Waals surface area (Å²) in [5.41, 5.74) is 4.18. The molecule has 2 aromatic heterocycles. The van der Waals surface area contributed by atoms with Crippen molar-refractivity contribution < 1.29 is 0 Å². The molecular formula is C21H22N6. The highest BCUT2D eigenvalue weighted by Gasteiger charge is 2.09. The van der Waals surface area contributed by atoms with E-state index in [1.807, 2.05) is 44.6 Å². The van der Waals surface area contributed by atoms with Gasteiger partial charge in [-0.3, -0.25) is 0 Å². The molecule has 2 heterocycles. The number of aromatic amines is 1. The van der Waals surface area contributed by atoms with E-state index in [1.165, 1.54) is 0 Å². The Labute approximate surface area is 158 Å². The van der Waals surface area contributed by atoms with Gasteiger partial charge in [0, 0.05) is 55.6 Å². The number of aromatic nitrogens is 4. The summed E-state index contributed by atoms with van der Waals surface area (Å²) in [7, 11) is 4.06. The van der Waals surface area contributed by atoms with Gasteiger partial charge in [-0.1, -0.05) is 12.1 Å². The van der Waals surface area contributed by atoms with Crippen LogP contribution in [0.3, 0.4) is 0 Å². The Morgan fingerprint density at radius 2 is 1.81 bits per heavy atom. The van der Waals surface area contributed by atoms with E-state index in [0.717, 1.165) is 52.5 Å². The zero-order valence-electron chi connectivity index (χ0n) is 15.5. The average Bonchev–Trinajstić information content (AvgIpc) is 3.21. The average molecular weight is 358 g/mol. The highest BCUT2D eigenvalue weighted by molar-refractivity contribution is 5.90. The van der Waals surface area contributed by atoms with Crippen LogP contribution in [0.4, 0.5) is 11.5 Å². The number of para-hydroxylation sites is 1. The lowest BCUT2D eigenvalue weighted by atomic mass is 10.1. The summed E-state index contributed by atoms with van der Waals surface area (Å²) in [5.74, 6) is 1.58. The van der Waals surface area contributed by atoms with E-state index in [1.54, 1.807) is 6.33 Å². The van der Waals surface area contributed by atoms with Gasteiger partial charge < -0.3 is 15.2 Å². The molecule has 0 fully saturated rings. The van der Waals surface area contributed by atoms with Gasteiger partial charge in [0.1, 0.15) is 5.82 Å². The predicted octanol–water partition coefficient (Wildman–Crippen LogP) is 3.74. The van der Waals surface area contributed by atoms with E-state index in [4.69, 9.17) is 9.97 Å². The van der Waals surface area contributed by atoms with Crippen LogP contribution < -0.4 is 10.2 Å². The van der Waals surface area contributed by atoms with Crippen molar-refractivity contribution >= 4 is 22.4 Å². The second-order valence-electron chi connectivity index (χ2n) is 6.61. The van der Waals surface area contributed by atoms with Crippen LogP contribution in [-0.2, 0) is 6.42 Å². The molecule has 0 bridgehead atoms. The molecular weight excluding hydrogens is 336 g/mol. The molecule has 0 amide bonds. The molecule has 0 atom stereocenters. The standard InChI is InChI=1S/C21H22N6/c1-27(2)17-9-7-15(8-10-17)20-25-19-6-4-3-5-18(19)21(26-20)23-12-11-16-13-22-14-24-16/h3-10,13-14H,11-12H2,1-2H3,(H,22,24)(H,23,25,26). The molecule has 0 saturated carbocycles. The van der Waals surface area contributed by atoms with Crippen molar-refractivity contribution in [2.45, 2.75) is 6.42 Å². The summed E-state index contributed by atoms with van der Waals surface area (Å²) in [6.45, 7) is 0.766. The first-order valence-electron chi connectivity index (χ1n) is 8.96. The number of anilines is 2. The fraction of sp³-hybridized carbons (Fsp3) is 0.190. The minimum atomic E-state index is 0.725. The fourth-order valence-electron chi connectivity index (χ4n) is 2.99. The first-order chi connectivity index (χ1) is 13.2. The highest BCUT2D eigenvalue weighted by Crippen LogP contribution is 2.26. The number of hydrogen-bond acceptors (Lipinski definition) is 5. The maximum atomic E-state index is 4.80. The van der Waals surface area contributed by atoms with Crippen molar-refractivity contribution in [1.29, 1.82) is 0 Å². The van der Waals surface area contributed by atoms with Gasteiger partial charge in [-0.25, -0.2) is 15.0 Å². The van der Waals surface area contributed by atoms with Crippen LogP contribution in [0.5, 0.6) is 0 Å². The van der Waals surface area contributed by atoms with E-state index in [9.17, 15) is 0 Å². The van der Waals surface area contributed by atoms with Crippen LogP contribution in [0.25, 0.3) is 22.3 Å². The third kappa shape index (κ3) is 3.74. The molecule has 0 saturated heterocycles. The van der Waals surface area contributed by atoms with Crippen molar-refractivity contribution in [3.63, 3.8) is 0 Å². The maximum absolute atomic E-state index is 4.80. The summed E-state index contributed by atoms with van der Waals surface area (Å²) in [6.07, 6.45) is 4.40. The van der Waals surface area contributed by atoms with Gasteiger partial charge in [0.2, 0.25) is 0 Å². The van der Waals surface area contributed by atoms with Crippen LogP contribution in [0.15, 0.2) is 61.1 Å². The van der Waals surface area contributed by atoms with Crippen molar-refractivity contribution in [1.82, 2.24) is 19.9 Å². The van der Waals surface area contributed by atoms with E-state index >= 15 is 0 Å². The summed E-state index contributed by atoms with van der Waals surface area (Å²) >= 11 is 0. The molecule has 6 nitrogen and oxygen atoms in total. The fourth-order valence-corrected chi connectivity index (χ4v) is 2.99. The Kier molecular flexibility index (Phi) is 4.70. The Balaban J connectivity index is 1.65. The summed E-state index contributed by atoms with van der Waals surface area (Å²) in [5, 5.41) is 4.48. The first kappa shape index (κ1) is 17.0. The number of benzene rings is 2. The Bertz CT molecular complexity index is 1020. The van der Waals surface area contributed by atoms with Gasteiger partial charge in [0.25, 0.3) is 0 Å². The summed E-state index contributed by atoms with van der Waals surface area (Å²) < 4.78 is 0. The quantitative estimate of drug-likeness (QED) is 0.549. The van der Waals surface area contributed by atoms with E-state index < -0.39 is 0 Å². The molecule has 0 aliphatic carbocycles. The van der Waals surface area contributed by atoms with Crippen LogP contribution in [0.1, 0.15) is 5.69 Å². The third-order valence-corrected chi connectivity index (χ3v) is 4.49. The second-order valence-corrected chi connectivity index (χ2v) is 6.61.